The Kier molecular flexibility index (Phi) is 5.91. The Morgan fingerprint density at radius 3 is 2.50 bits per heavy atom. The molecule has 1 unspecified atom stereocenters. The number of aryl methyl sites for hydroxylation is 1. The van der Waals surface area contributed by atoms with Crippen LogP contribution in [0.15, 0.2) is 30.3 Å². The van der Waals surface area contributed by atoms with E-state index in [1.54, 1.807) is 0 Å². The average Bonchev–Trinajstić information content (AvgIpc) is 2.37. The summed E-state index contributed by atoms with van der Waals surface area (Å²) in [6, 6.07) is 8.90. The topological polar surface area (TPSA) is 66.4 Å². The van der Waals surface area contributed by atoms with E-state index in [1.165, 1.54) is 0 Å². The lowest BCUT2D eigenvalue weighted by molar-refractivity contribution is -0.142. The van der Waals surface area contributed by atoms with E-state index in [4.69, 9.17) is 5.11 Å². The fourth-order valence-corrected chi connectivity index (χ4v) is 1.72. The molecule has 0 spiro atoms. The van der Waals surface area contributed by atoms with E-state index in [-0.39, 0.29) is 5.91 Å². The summed E-state index contributed by atoms with van der Waals surface area (Å²) in [5.74, 6) is -1.18. The smallest absolute Gasteiger partial charge is 0.326 e. The van der Waals surface area contributed by atoms with Gasteiger partial charge in [-0.3, -0.25) is 4.79 Å². The van der Waals surface area contributed by atoms with Gasteiger partial charge in [-0.15, -0.1) is 0 Å². The monoisotopic (exact) mass is 249 g/mol. The number of carboxylic acids is 1. The van der Waals surface area contributed by atoms with Crippen molar-refractivity contribution in [2.24, 2.45) is 0 Å². The number of nitrogens with one attached hydrogen (secondary N) is 1. The summed E-state index contributed by atoms with van der Waals surface area (Å²) < 4.78 is 0. The van der Waals surface area contributed by atoms with Crippen LogP contribution < -0.4 is 5.32 Å². The minimum atomic E-state index is -0.968. The van der Waals surface area contributed by atoms with Gasteiger partial charge in [0.25, 0.3) is 0 Å². The number of carboxylic acid groups (broad SMARTS) is 1. The third-order valence-corrected chi connectivity index (χ3v) is 2.69. The molecule has 18 heavy (non-hydrogen) atoms. The van der Waals surface area contributed by atoms with Crippen molar-refractivity contribution in [3.05, 3.63) is 35.9 Å². The molecule has 1 atom stereocenters. The highest BCUT2D eigenvalue weighted by Crippen LogP contribution is 2.03. The van der Waals surface area contributed by atoms with Crippen LogP contribution in [0.4, 0.5) is 0 Å². The molecule has 1 aromatic rings. The predicted molar refractivity (Wildman–Crippen MR) is 69.2 cm³/mol. The van der Waals surface area contributed by atoms with Crippen LogP contribution in [0, 0.1) is 0 Å². The van der Waals surface area contributed by atoms with Gasteiger partial charge in [-0.1, -0.05) is 43.7 Å². The average molecular weight is 249 g/mol. The first-order valence-electron chi connectivity index (χ1n) is 6.19. The quantitative estimate of drug-likeness (QED) is 0.776. The maximum atomic E-state index is 11.6. The van der Waals surface area contributed by atoms with Crippen LogP contribution in [0.2, 0.25) is 0 Å². The van der Waals surface area contributed by atoms with E-state index in [0.717, 1.165) is 12.0 Å². The molecule has 0 heterocycles. The molecule has 0 bridgehead atoms. The molecule has 4 nitrogen and oxygen atoms in total. The van der Waals surface area contributed by atoms with Gasteiger partial charge in [0, 0.05) is 6.42 Å². The van der Waals surface area contributed by atoms with Crippen LogP contribution in [0.1, 0.15) is 31.7 Å². The van der Waals surface area contributed by atoms with Crippen LogP contribution >= 0.6 is 0 Å². The molecule has 0 aliphatic rings. The molecule has 1 rings (SSSR count). The summed E-state index contributed by atoms with van der Waals surface area (Å²) in [6.07, 6.45) is 2.14. The second-order valence-electron chi connectivity index (χ2n) is 4.23. The van der Waals surface area contributed by atoms with Gasteiger partial charge in [-0.05, 0) is 18.4 Å². The third kappa shape index (κ3) is 4.99. The van der Waals surface area contributed by atoms with Crippen LogP contribution in [0.25, 0.3) is 0 Å². The van der Waals surface area contributed by atoms with Crippen molar-refractivity contribution >= 4 is 11.9 Å². The van der Waals surface area contributed by atoms with Crippen molar-refractivity contribution < 1.29 is 14.7 Å². The van der Waals surface area contributed by atoms with E-state index in [9.17, 15) is 9.59 Å². The van der Waals surface area contributed by atoms with Crippen LogP contribution in [0.5, 0.6) is 0 Å². The Hall–Kier alpha value is -1.84. The second kappa shape index (κ2) is 7.48. The number of carbonyl (C=O) groups is 2. The molecular formula is C14H19NO3. The van der Waals surface area contributed by atoms with E-state index < -0.39 is 12.0 Å². The van der Waals surface area contributed by atoms with E-state index >= 15 is 0 Å². The van der Waals surface area contributed by atoms with E-state index in [0.29, 0.717) is 19.3 Å². The zero-order valence-electron chi connectivity index (χ0n) is 10.6. The molecule has 0 aliphatic carbocycles. The van der Waals surface area contributed by atoms with Crippen LogP contribution in [-0.4, -0.2) is 23.0 Å². The first-order valence-corrected chi connectivity index (χ1v) is 6.19. The zero-order chi connectivity index (χ0) is 13.4. The lowest BCUT2D eigenvalue weighted by atomic mass is 10.1. The molecule has 1 aromatic carbocycles. The summed E-state index contributed by atoms with van der Waals surface area (Å²) >= 11 is 0. The second-order valence-corrected chi connectivity index (χ2v) is 4.23. The molecule has 0 fully saturated rings. The lowest BCUT2D eigenvalue weighted by Crippen LogP contribution is -2.40. The maximum Gasteiger partial charge on any atom is 0.326 e. The summed E-state index contributed by atoms with van der Waals surface area (Å²) in [5.41, 5.74) is 1.08. The van der Waals surface area contributed by atoms with Crippen LogP contribution in [-0.2, 0) is 16.0 Å². The summed E-state index contributed by atoms with van der Waals surface area (Å²) in [6.45, 7) is 1.89. The largest absolute Gasteiger partial charge is 0.480 e. The molecule has 0 saturated carbocycles. The Labute approximate surface area is 107 Å². The third-order valence-electron chi connectivity index (χ3n) is 2.69. The fraction of sp³-hybridized carbons (Fsp3) is 0.429. The predicted octanol–water partition coefficient (Wildman–Crippen LogP) is 1.99. The van der Waals surface area contributed by atoms with Crippen molar-refractivity contribution in [2.75, 3.05) is 0 Å². The molecule has 0 aromatic heterocycles. The van der Waals surface area contributed by atoms with Crippen molar-refractivity contribution in [3.8, 4) is 0 Å². The van der Waals surface area contributed by atoms with Gasteiger partial charge in [0.1, 0.15) is 6.04 Å². The summed E-state index contributed by atoms with van der Waals surface area (Å²) in [4.78, 5) is 22.5. The van der Waals surface area contributed by atoms with Gasteiger partial charge < -0.3 is 10.4 Å². The molecular weight excluding hydrogens is 230 g/mol. The SMILES string of the molecule is CCCC(NC(=O)CCc1ccccc1)C(=O)O. The van der Waals surface area contributed by atoms with Crippen molar-refractivity contribution in [2.45, 2.75) is 38.6 Å². The van der Waals surface area contributed by atoms with Gasteiger partial charge in [-0.25, -0.2) is 4.79 Å². The molecule has 0 saturated heterocycles. The lowest BCUT2D eigenvalue weighted by Gasteiger charge is -2.13. The minimum absolute atomic E-state index is 0.209. The number of carbonyl (C=O) groups excluding carboxylic acids is 1. The molecule has 1 amide bonds. The van der Waals surface area contributed by atoms with Crippen molar-refractivity contribution in [1.29, 1.82) is 0 Å². The number of amides is 1. The zero-order valence-corrected chi connectivity index (χ0v) is 10.6. The number of hydrogen-bond acceptors (Lipinski definition) is 2. The van der Waals surface area contributed by atoms with Crippen LogP contribution in [0.3, 0.4) is 0 Å². The Balaban J connectivity index is 2.39. The highest BCUT2D eigenvalue weighted by molar-refractivity contribution is 5.83. The fourth-order valence-electron chi connectivity index (χ4n) is 1.72. The highest BCUT2D eigenvalue weighted by Gasteiger charge is 2.18. The highest BCUT2D eigenvalue weighted by atomic mass is 16.4. The van der Waals surface area contributed by atoms with Gasteiger partial charge in [-0.2, -0.15) is 0 Å². The van der Waals surface area contributed by atoms with Crippen molar-refractivity contribution in [1.82, 2.24) is 5.32 Å². The van der Waals surface area contributed by atoms with Gasteiger partial charge in [0.2, 0.25) is 5.91 Å². The summed E-state index contributed by atoms with van der Waals surface area (Å²) in [5, 5.41) is 11.5. The normalized spacial score (nSPS) is 11.8. The Bertz CT molecular complexity index is 389. The number of benzene rings is 1. The first kappa shape index (κ1) is 14.2. The molecule has 0 radical (unpaired) electrons. The van der Waals surface area contributed by atoms with Gasteiger partial charge in [0.15, 0.2) is 0 Å². The maximum absolute atomic E-state index is 11.6. The van der Waals surface area contributed by atoms with E-state index in [2.05, 4.69) is 5.32 Å². The van der Waals surface area contributed by atoms with Gasteiger partial charge in [0.05, 0.1) is 0 Å². The summed E-state index contributed by atoms with van der Waals surface area (Å²) in [7, 11) is 0. The molecule has 4 heteroatoms. The van der Waals surface area contributed by atoms with Crippen molar-refractivity contribution in [3.63, 3.8) is 0 Å². The Morgan fingerprint density at radius 1 is 1.28 bits per heavy atom. The minimum Gasteiger partial charge on any atom is -0.480 e. The standard InChI is InChI=1S/C14H19NO3/c1-2-6-12(14(17)18)15-13(16)10-9-11-7-4-3-5-8-11/h3-5,7-8,12H,2,6,9-10H2,1H3,(H,15,16)(H,17,18). The molecule has 98 valence electrons. The van der Waals surface area contributed by atoms with E-state index in [1.807, 2.05) is 37.3 Å². The number of rotatable bonds is 7. The number of aliphatic carboxylic acids is 1. The molecule has 2 N–H and O–H groups in total. The van der Waals surface area contributed by atoms with Gasteiger partial charge >= 0.3 is 5.97 Å². The molecule has 0 aliphatic heterocycles. The number of hydrogen-bond donors (Lipinski definition) is 2. The first-order chi connectivity index (χ1) is 8.63. The Morgan fingerprint density at radius 2 is 1.94 bits per heavy atom.